The van der Waals surface area contributed by atoms with E-state index in [0.717, 1.165) is 51.4 Å². The zero-order valence-electron chi connectivity index (χ0n) is 54.9. The molecule has 11 heteroatoms. The summed E-state index contributed by atoms with van der Waals surface area (Å²) < 4.78 is 16.7. The van der Waals surface area contributed by atoms with Crippen LogP contribution in [0.4, 0.5) is 0 Å². The van der Waals surface area contributed by atoms with Crippen molar-refractivity contribution in [1.29, 1.82) is 0 Å². The van der Waals surface area contributed by atoms with Gasteiger partial charge in [-0.3, -0.25) is 9.59 Å². The molecule has 0 spiro atoms. The highest BCUT2D eigenvalue weighted by atomic mass is 16.7. The van der Waals surface area contributed by atoms with E-state index in [9.17, 15) is 35.1 Å². The first kappa shape index (κ1) is 79.9. The predicted molar refractivity (Wildman–Crippen MR) is 352 cm³/mol. The summed E-state index contributed by atoms with van der Waals surface area (Å²) in [5, 5.41) is 54.3. The van der Waals surface area contributed by atoms with Crippen LogP contribution in [0.25, 0.3) is 0 Å². The van der Waals surface area contributed by atoms with Crippen molar-refractivity contribution in [3.63, 3.8) is 0 Å². The molecule has 11 nitrogen and oxygen atoms in total. The highest BCUT2D eigenvalue weighted by Gasteiger charge is 2.44. The molecular weight excluding hydrogens is 1050 g/mol. The number of ether oxygens (including phenoxy) is 3. The van der Waals surface area contributed by atoms with Gasteiger partial charge < -0.3 is 45.1 Å². The third kappa shape index (κ3) is 50.8. The summed E-state index contributed by atoms with van der Waals surface area (Å²) >= 11 is 0. The Hall–Kier alpha value is -2.12. The fourth-order valence-electron chi connectivity index (χ4n) is 11.5. The van der Waals surface area contributed by atoms with Gasteiger partial charge in [-0.05, 0) is 70.6 Å². The summed E-state index contributed by atoms with van der Waals surface area (Å²) in [5.74, 6) is -0.175. The molecule has 1 rings (SSSR count). The van der Waals surface area contributed by atoms with Crippen LogP contribution in [0.1, 0.15) is 354 Å². The highest BCUT2D eigenvalue weighted by Crippen LogP contribution is 2.23. The lowest BCUT2D eigenvalue weighted by molar-refractivity contribution is -0.302. The van der Waals surface area contributed by atoms with E-state index in [0.29, 0.717) is 19.4 Å². The van der Waals surface area contributed by atoms with Crippen LogP contribution in [-0.4, -0.2) is 100 Å². The molecule has 0 aromatic rings. The molecule has 84 heavy (non-hydrogen) atoms. The largest absolute Gasteiger partial charge is 0.466 e. The lowest BCUT2D eigenvalue weighted by Crippen LogP contribution is -2.60. The van der Waals surface area contributed by atoms with Crippen molar-refractivity contribution in [2.24, 2.45) is 0 Å². The van der Waals surface area contributed by atoms with Crippen LogP contribution >= 0.6 is 0 Å². The monoisotopic (exact) mass is 1190 g/mol. The summed E-state index contributed by atoms with van der Waals surface area (Å²) in [6.07, 6.45) is 70.4. The average Bonchev–Trinajstić information content (AvgIpc) is 3.23. The predicted octanol–water partition coefficient (Wildman–Crippen LogP) is 18.6. The second-order valence-electron chi connectivity index (χ2n) is 25.3. The molecule has 0 aromatic heterocycles. The van der Waals surface area contributed by atoms with Crippen molar-refractivity contribution >= 4 is 11.9 Å². The Balaban J connectivity index is 1.89. The number of carbonyl (C=O) groups excluding carboxylic acids is 2. The Labute approximate surface area is 517 Å². The number of esters is 1. The number of rotatable bonds is 64. The van der Waals surface area contributed by atoms with Crippen molar-refractivity contribution in [3.05, 3.63) is 36.5 Å². The SMILES string of the molecule is CCCCC/C=C/CC/C=C/C(O)C(COC1OC(CO)C(O)C(O)C1O)NC(=O)CCCCCCCCCCCCCCCCCCC/C=C\CCCCCCCCCCCCCCCCOC(=O)CCCCCCCCCCCCCC. The Kier molecular flexibility index (Phi) is 59.4. The van der Waals surface area contributed by atoms with E-state index in [1.807, 2.05) is 6.08 Å². The topological polar surface area (TPSA) is 175 Å². The van der Waals surface area contributed by atoms with E-state index >= 15 is 0 Å². The maximum atomic E-state index is 13.0. The van der Waals surface area contributed by atoms with Crippen molar-refractivity contribution in [2.45, 2.75) is 397 Å². The van der Waals surface area contributed by atoms with Gasteiger partial charge >= 0.3 is 5.97 Å². The molecule has 1 saturated heterocycles. The zero-order chi connectivity index (χ0) is 60.9. The fourth-order valence-corrected chi connectivity index (χ4v) is 11.5. The van der Waals surface area contributed by atoms with E-state index in [1.165, 1.54) is 276 Å². The Morgan fingerprint density at radius 2 is 0.774 bits per heavy atom. The Bertz CT molecular complexity index is 1490. The molecule has 6 N–H and O–H groups in total. The van der Waals surface area contributed by atoms with E-state index in [2.05, 4.69) is 43.5 Å². The molecule has 0 bridgehead atoms. The molecule has 1 fully saturated rings. The van der Waals surface area contributed by atoms with Crippen molar-refractivity contribution < 1.29 is 49.3 Å². The molecule has 1 aliphatic rings. The van der Waals surface area contributed by atoms with Gasteiger partial charge in [-0.25, -0.2) is 0 Å². The summed E-state index contributed by atoms with van der Waals surface area (Å²) in [6, 6.07) is -0.823. The van der Waals surface area contributed by atoms with Crippen LogP contribution in [0.15, 0.2) is 36.5 Å². The first-order valence-electron chi connectivity index (χ1n) is 36.3. The molecule has 7 unspecified atom stereocenters. The molecule has 0 radical (unpaired) electrons. The fraction of sp³-hybridized carbons (Fsp3) is 0.890. The van der Waals surface area contributed by atoms with Crippen molar-refractivity contribution in [2.75, 3.05) is 19.8 Å². The van der Waals surface area contributed by atoms with Gasteiger partial charge in [-0.2, -0.15) is 0 Å². The molecule has 0 aliphatic carbocycles. The van der Waals surface area contributed by atoms with E-state index in [4.69, 9.17) is 14.2 Å². The number of unbranched alkanes of at least 4 members (excludes halogenated alkanes) is 46. The average molecular weight is 1190 g/mol. The number of nitrogens with one attached hydrogen (secondary N) is 1. The number of aliphatic hydroxyl groups is 5. The Morgan fingerprint density at radius 1 is 0.429 bits per heavy atom. The lowest BCUT2D eigenvalue weighted by Gasteiger charge is -2.40. The highest BCUT2D eigenvalue weighted by molar-refractivity contribution is 5.76. The van der Waals surface area contributed by atoms with Gasteiger partial charge in [0.25, 0.3) is 0 Å². The third-order valence-electron chi connectivity index (χ3n) is 17.2. The lowest BCUT2D eigenvalue weighted by atomic mass is 9.99. The minimum Gasteiger partial charge on any atom is -0.466 e. The second-order valence-corrected chi connectivity index (χ2v) is 25.3. The maximum Gasteiger partial charge on any atom is 0.305 e. The van der Waals surface area contributed by atoms with E-state index < -0.39 is 49.5 Å². The molecular formula is C73H137NO10. The zero-order valence-corrected chi connectivity index (χ0v) is 54.9. The van der Waals surface area contributed by atoms with Gasteiger partial charge in [-0.1, -0.05) is 307 Å². The molecule has 7 atom stereocenters. The smallest absolute Gasteiger partial charge is 0.305 e. The van der Waals surface area contributed by atoms with Crippen LogP contribution in [0.5, 0.6) is 0 Å². The van der Waals surface area contributed by atoms with Crippen LogP contribution in [0, 0.1) is 0 Å². The Morgan fingerprint density at radius 3 is 1.20 bits per heavy atom. The number of hydrogen-bond donors (Lipinski definition) is 6. The standard InChI is InChI=1S/C73H137NO10/c1-3-5-7-9-11-13-14-41-45-49-53-57-61-69(78)82-62-58-54-50-46-42-39-37-35-33-31-29-27-25-23-21-19-17-15-16-18-20-22-24-26-28-30-32-34-36-38-40-44-48-52-56-60-68(77)74-65(66(76)59-55-51-47-43-12-10-8-6-4-2)64-83-73-72(81)71(80)70(79)67(63-75)84-73/h12,17,19,43,55,59,65-67,70-73,75-76,79-81H,3-11,13-16,18,20-42,44-54,56-58,60-64H2,1-2H3,(H,74,77)/b19-17-,43-12+,59-55+. The van der Waals surface area contributed by atoms with Gasteiger partial charge in [0.05, 0.1) is 32.0 Å². The van der Waals surface area contributed by atoms with Gasteiger partial charge in [0, 0.05) is 12.8 Å². The van der Waals surface area contributed by atoms with Gasteiger partial charge in [0.15, 0.2) is 6.29 Å². The number of hydrogen-bond acceptors (Lipinski definition) is 10. The van der Waals surface area contributed by atoms with E-state index in [1.54, 1.807) is 6.08 Å². The first-order valence-corrected chi connectivity index (χ1v) is 36.3. The van der Waals surface area contributed by atoms with Crippen LogP contribution in [-0.2, 0) is 23.8 Å². The minimum absolute atomic E-state index is 0.0143. The number of amides is 1. The van der Waals surface area contributed by atoms with Crippen molar-refractivity contribution in [1.82, 2.24) is 5.32 Å². The van der Waals surface area contributed by atoms with Crippen LogP contribution in [0.3, 0.4) is 0 Å². The molecule has 1 heterocycles. The molecule has 1 aliphatic heterocycles. The number of aliphatic hydroxyl groups excluding tert-OH is 5. The number of allylic oxidation sites excluding steroid dienone is 5. The van der Waals surface area contributed by atoms with Gasteiger partial charge in [-0.15, -0.1) is 0 Å². The van der Waals surface area contributed by atoms with Crippen LogP contribution in [0.2, 0.25) is 0 Å². The number of carbonyl (C=O) groups is 2. The maximum absolute atomic E-state index is 13.0. The summed E-state index contributed by atoms with van der Waals surface area (Å²) in [7, 11) is 0. The summed E-state index contributed by atoms with van der Waals surface area (Å²) in [4.78, 5) is 25.0. The van der Waals surface area contributed by atoms with Gasteiger partial charge in [0.2, 0.25) is 5.91 Å². The molecule has 0 saturated carbocycles. The summed E-state index contributed by atoms with van der Waals surface area (Å²) in [5.41, 5.74) is 0. The first-order chi connectivity index (χ1) is 41.2. The second kappa shape index (κ2) is 62.5. The van der Waals surface area contributed by atoms with Crippen molar-refractivity contribution in [3.8, 4) is 0 Å². The normalized spacial score (nSPS) is 18.2. The molecule has 0 aromatic carbocycles. The molecule has 1 amide bonds. The quantitative estimate of drug-likeness (QED) is 0.0195. The minimum atomic E-state index is -1.57. The van der Waals surface area contributed by atoms with Gasteiger partial charge in [0.1, 0.15) is 24.4 Å². The summed E-state index contributed by atoms with van der Waals surface area (Å²) in [6.45, 7) is 4.31. The third-order valence-corrected chi connectivity index (χ3v) is 17.2. The molecule has 494 valence electrons. The van der Waals surface area contributed by atoms with E-state index in [-0.39, 0.29) is 18.5 Å². The van der Waals surface area contributed by atoms with Crippen LogP contribution < -0.4 is 5.32 Å².